The lowest BCUT2D eigenvalue weighted by Crippen LogP contribution is -2.30. The van der Waals surface area contributed by atoms with Crippen LogP contribution < -0.4 is 10.5 Å². The third-order valence-corrected chi connectivity index (χ3v) is 4.09. The van der Waals surface area contributed by atoms with E-state index in [4.69, 9.17) is 10.2 Å². The Balaban J connectivity index is 2.76. The number of aryl methyl sites for hydroxylation is 1. The number of nitrogens with one attached hydrogen (secondary N) is 1. The zero-order valence-electron chi connectivity index (χ0n) is 11.7. The second-order valence-corrected chi connectivity index (χ2v) is 6.27. The Hall–Kier alpha value is -1.38. The van der Waals surface area contributed by atoms with E-state index < -0.39 is 10.0 Å². The fourth-order valence-corrected chi connectivity index (χ4v) is 2.46. The number of carbonyl (C=O) groups is 1. The van der Waals surface area contributed by atoms with Gasteiger partial charge in [0.25, 0.3) is 5.91 Å². The quantitative estimate of drug-likeness (QED) is 0.647. The van der Waals surface area contributed by atoms with Crippen LogP contribution in [-0.4, -0.2) is 37.2 Å². The minimum Gasteiger partial charge on any atom is -0.396 e. The summed E-state index contributed by atoms with van der Waals surface area (Å²) in [5.74, 6) is -0.166. The molecule has 0 bridgehead atoms. The summed E-state index contributed by atoms with van der Waals surface area (Å²) in [7, 11) is -2.24. The van der Waals surface area contributed by atoms with Crippen molar-refractivity contribution in [1.82, 2.24) is 9.88 Å². The van der Waals surface area contributed by atoms with Crippen molar-refractivity contribution < 1.29 is 18.3 Å². The average molecular weight is 303 g/mol. The largest absolute Gasteiger partial charge is 0.396 e. The van der Waals surface area contributed by atoms with Crippen LogP contribution in [0.4, 0.5) is 0 Å². The highest BCUT2D eigenvalue weighted by molar-refractivity contribution is 7.89. The van der Waals surface area contributed by atoms with Gasteiger partial charge in [-0.15, -0.1) is 0 Å². The number of sulfonamides is 1. The predicted octanol–water partition coefficient (Wildman–Crippen LogP) is -0.189. The number of aliphatic hydroxyl groups excluding tert-OH is 1. The van der Waals surface area contributed by atoms with Crippen LogP contribution in [0.2, 0.25) is 0 Å². The average Bonchev–Trinajstić information content (AvgIpc) is 2.76. The number of aromatic nitrogens is 1. The zero-order valence-corrected chi connectivity index (χ0v) is 12.5. The number of amides is 1. The first kappa shape index (κ1) is 16.7. The molecule has 0 saturated carbocycles. The van der Waals surface area contributed by atoms with Crippen molar-refractivity contribution in [2.75, 3.05) is 13.2 Å². The lowest BCUT2D eigenvalue weighted by atomic mass is 10.0. The van der Waals surface area contributed by atoms with Crippen molar-refractivity contribution in [1.29, 1.82) is 0 Å². The summed E-state index contributed by atoms with van der Waals surface area (Å²) in [6.45, 7) is 2.49. The van der Waals surface area contributed by atoms with Crippen LogP contribution in [-0.2, 0) is 17.1 Å². The topological polar surface area (TPSA) is 114 Å². The molecule has 1 aromatic heterocycles. The standard InChI is InChI=1S/C12H21N3O4S/c1-3-9(4-5-16)7-14-12(17)11-6-10(8-15(11)2)20(13,18)19/h6,8-9,16H,3-5,7H2,1-2H3,(H,14,17)(H2,13,18,19). The molecule has 1 aromatic rings. The molecule has 20 heavy (non-hydrogen) atoms. The van der Waals surface area contributed by atoms with Crippen LogP contribution in [0, 0.1) is 5.92 Å². The number of primary sulfonamides is 1. The Labute approximate surface area is 118 Å². The van der Waals surface area contributed by atoms with Gasteiger partial charge in [-0.05, 0) is 18.4 Å². The van der Waals surface area contributed by atoms with Gasteiger partial charge in [0.05, 0.1) is 0 Å². The Morgan fingerprint density at radius 1 is 1.55 bits per heavy atom. The summed E-state index contributed by atoms with van der Waals surface area (Å²) in [4.78, 5) is 11.9. The molecule has 1 heterocycles. The number of rotatable bonds is 7. The van der Waals surface area contributed by atoms with Gasteiger partial charge in [0.2, 0.25) is 10.0 Å². The highest BCUT2D eigenvalue weighted by Gasteiger charge is 2.18. The van der Waals surface area contributed by atoms with Crippen molar-refractivity contribution in [2.24, 2.45) is 18.1 Å². The number of carbonyl (C=O) groups excluding carboxylic acids is 1. The van der Waals surface area contributed by atoms with E-state index in [1.165, 1.54) is 16.8 Å². The van der Waals surface area contributed by atoms with Crippen molar-refractivity contribution in [2.45, 2.75) is 24.7 Å². The summed E-state index contributed by atoms with van der Waals surface area (Å²) < 4.78 is 23.9. The smallest absolute Gasteiger partial charge is 0.267 e. The van der Waals surface area contributed by atoms with Crippen molar-refractivity contribution >= 4 is 15.9 Å². The fourth-order valence-electron chi connectivity index (χ4n) is 1.88. The molecule has 0 aliphatic carbocycles. The van der Waals surface area contributed by atoms with Gasteiger partial charge in [0.15, 0.2) is 0 Å². The summed E-state index contributed by atoms with van der Waals surface area (Å²) >= 11 is 0. The molecule has 114 valence electrons. The van der Waals surface area contributed by atoms with E-state index in [1.807, 2.05) is 6.92 Å². The maximum Gasteiger partial charge on any atom is 0.267 e. The molecule has 1 rings (SSSR count). The summed E-state index contributed by atoms with van der Waals surface area (Å²) in [6, 6.07) is 1.25. The molecule has 1 atom stereocenters. The maximum atomic E-state index is 12.0. The van der Waals surface area contributed by atoms with Crippen LogP contribution in [0.1, 0.15) is 30.3 Å². The molecule has 0 saturated heterocycles. The van der Waals surface area contributed by atoms with Gasteiger partial charge in [0.1, 0.15) is 10.6 Å². The second kappa shape index (κ2) is 6.87. The monoisotopic (exact) mass is 303 g/mol. The molecule has 0 fully saturated rings. The molecule has 0 aliphatic rings. The van der Waals surface area contributed by atoms with E-state index >= 15 is 0 Å². The van der Waals surface area contributed by atoms with Crippen LogP contribution in [0.5, 0.6) is 0 Å². The number of hydrogen-bond acceptors (Lipinski definition) is 4. The highest BCUT2D eigenvalue weighted by Crippen LogP contribution is 2.12. The van der Waals surface area contributed by atoms with Crippen LogP contribution in [0.25, 0.3) is 0 Å². The molecule has 7 nitrogen and oxygen atoms in total. The van der Waals surface area contributed by atoms with E-state index in [0.29, 0.717) is 13.0 Å². The highest BCUT2D eigenvalue weighted by atomic mass is 32.2. The Bertz CT molecular complexity index is 565. The lowest BCUT2D eigenvalue weighted by Gasteiger charge is -2.14. The van der Waals surface area contributed by atoms with Gasteiger partial charge in [-0.3, -0.25) is 4.79 Å². The SMILES string of the molecule is CCC(CCO)CNC(=O)c1cc(S(N)(=O)=O)cn1C. The van der Waals surface area contributed by atoms with E-state index in [-0.39, 0.29) is 29.0 Å². The molecular weight excluding hydrogens is 282 g/mol. The molecule has 1 unspecified atom stereocenters. The Morgan fingerprint density at radius 2 is 2.20 bits per heavy atom. The Morgan fingerprint density at radius 3 is 2.65 bits per heavy atom. The van der Waals surface area contributed by atoms with E-state index in [9.17, 15) is 13.2 Å². The van der Waals surface area contributed by atoms with Crippen molar-refractivity contribution in [3.63, 3.8) is 0 Å². The van der Waals surface area contributed by atoms with Crippen molar-refractivity contribution in [3.8, 4) is 0 Å². The molecule has 0 aromatic carbocycles. The lowest BCUT2D eigenvalue weighted by molar-refractivity contribution is 0.0935. The molecular formula is C12H21N3O4S. The Kier molecular flexibility index (Phi) is 5.73. The fraction of sp³-hybridized carbons (Fsp3) is 0.583. The first-order chi connectivity index (χ1) is 9.29. The first-order valence-corrected chi connectivity index (χ1v) is 7.92. The normalized spacial score (nSPS) is 13.2. The molecule has 0 aliphatic heterocycles. The first-order valence-electron chi connectivity index (χ1n) is 6.37. The summed E-state index contributed by atoms with van der Waals surface area (Å²) in [5.41, 5.74) is 0.230. The van der Waals surface area contributed by atoms with Gasteiger partial charge < -0.3 is 15.0 Å². The van der Waals surface area contributed by atoms with E-state index in [1.54, 1.807) is 7.05 Å². The third-order valence-electron chi connectivity index (χ3n) is 3.21. The van der Waals surface area contributed by atoms with Crippen LogP contribution in [0.15, 0.2) is 17.2 Å². The minimum atomic E-state index is -3.82. The molecule has 1 amide bonds. The van der Waals surface area contributed by atoms with E-state index in [0.717, 1.165) is 6.42 Å². The molecule has 4 N–H and O–H groups in total. The maximum absolute atomic E-state index is 12.0. The molecule has 0 radical (unpaired) electrons. The van der Waals surface area contributed by atoms with Crippen LogP contribution >= 0.6 is 0 Å². The van der Waals surface area contributed by atoms with E-state index in [2.05, 4.69) is 5.32 Å². The minimum absolute atomic E-state index is 0.0775. The summed E-state index contributed by atoms with van der Waals surface area (Å²) in [6.07, 6.45) is 2.76. The van der Waals surface area contributed by atoms with Crippen molar-refractivity contribution in [3.05, 3.63) is 18.0 Å². The van der Waals surface area contributed by atoms with Gasteiger partial charge in [-0.1, -0.05) is 13.3 Å². The van der Waals surface area contributed by atoms with Gasteiger partial charge >= 0.3 is 0 Å². The number of hydrogen-bond donors (Lipinski definition) is 3. The van der Waals surface area contributed by atoms with Crippen LogP contribution in [0.3, 0.4) is 0 Å². The summed E-state index contributed by atoms with van der Waals surface area (Å²) in [5, 5.41) is 16.6. The van der Waals surface area contributed by atoms with Gasteiger partial charge in [0, 0.05) is 26.4 Å². The van der Waals surface area contributed by atoms with Gasteiger partial charge in [-0.25, -0.2) is 13.6 Å². The number of nitrogens with two attached hydrogens (primary N) is 1. The molecule has 8 heteroatoms. The third kappa shape index (κ3) is 4.32. The number of aliphatic hydroxyl groups is 1. The predicted molar refractivity (Wildman–Crippen MR) is 74.6 cm³/mol. The number of nitrogens with zero attached hydrogens (tertiary/aromatic N) is 1. The van der Waals surface area contributed by atoms with Gasteiger partial charge in [-0.2, -0.15) is 0 Å². The second-order valence-electron chi connectivity index (χ2n) is 4.71. The molecule has 0 spiro atoms. The zero-order chi connectivity index (χ0) is 15.3.